The molecule has 1 unspecified atom stereocenters. The van der Waals surface area contributed by atoms with E-state index in [1.54, 1.807) is 18.2 Å². The molecule has 0 saturated carbocycles. The zero-order valence-corrected chi connectivity index (χ0v) is 17.2. The first-order chi connectivity index (χ1) is 15.3. The van der Waals surface area contributed by atoms with Gasteiger partial charge in [-0.15, -0.1) is 0 Å². The highest BCUT2D eigenvalue weighted by Gasteiger charge is 2.53. The van der Waals surface area contributed by atoms with Gasteiger partial charge in [0.15, 0.2) is 16.9 Å². The molecule has 2 N–H and O–H groups in total. The number of hydrogen-bond acceptors (Lipinski definition) is 7. The fraction of sp³-hybridized carbons (Fsp3) is 0.227. The molecule has 1 fully saturated rings. The van der Waals surface area contributed by atoms with Crippen molar-refractivity contribution in [3.05, 3.63) is 59.0 Å². The van der Waals surface area contributed by atoms with Crippen LogP contribution in [0.5, 0.6) is 5.75 Å². The van der Waals surface area contributed by atoms with Crippen molar-refractivity contribution in [1.82, 2.24) is 20.5 Å². The third kappa shape index (κ3) is 2.91. The summed E-state index contributed by atoms with van der Waals surface area (Å²) in [4.78, 5) is 55.4. The van der Waals surface area contributed by atoms with Crippen molar-refractivity contribution >= 4 is 34.7 Å². The molecule has 3 aromatic rings. The van der Waals surface area contributed by atoms with Gasteiger partial charge in [-0.3, -0.25) is 24.7 Å². The molecule has 2 aliphatic heterocycles. The molecule has 162 valence electrons. The highest BCUT2D eigenvalue weighted by Crippen LogP contribution is 2.34. The predicted octanol–water partition coefficient (Wildman–Crippen LogP) is 1.73. The minimum atomic E-state index is -1.64. The summed E-state index contributed by atoms with van der Waals surface area (Å²) in [5, 5.41) is 4.85. The smallest absolute Gasteiger partial charge is 0.322 e. The van der Waals surface area contributed by atoms with Crippen LogP contribution in [0.1, 0.15) is 39.0 Å². The molecule has 4 heterocycles. The number of Topliss-reactive ketones (excluding diaryl/α,β-unsaturated/α-hetero) is 1. The molecule has 10 heteroatoms. The summed E-state index contributed by atoms with van der Waals surface area (Å²) in [6.45, 7) is 1.51. The van der Waals surface area contributed by atoms with Crippen molar-refractivity contribution in [2.24, 2.45) is 0 Å². The molecule has 1 atom stereocenters. The second-order valence-electron chi connectivity index (χ2n) is 7.77. The summed E-state index contributed by atoms with van der Waals surface area (Å²) in [5.74, 6) is -0.458. The number of pyridine rings is 1. The lowest BCUT2D eigenvalue weighted by Gasteiger charge is -2.28. The molecule has 0 bridgehead atoms. The van der Waals surface area contributed by atoms with E-state index < -0.39 is 17.5 Å². The number of benzene rings is 1. The van der Waals surface area contributed by atoms with Gasteiger partial charge in [0.1, 0.15) is 17.0 Å². The highest BCUT2D eigenvalue weighted by atomic mass is 16.5. The lowest BCUT2D eigenvalue weighted by molar-refractivity contribution is -0.125. The molecule has 32 heavy (non-hydrogen) atoms. The van der Waals surface area contributed by atoms with Gasteiger partial charge in [-0.25, -0.2) is 4.79 Å². The first kappa shape index (κ1) is 19.7. The molecule has 2 aliphatic rings. The van der Waals surface area contributed by atoms with Crippen LogP contribution in [0, 0.1) is 0 Å². The number of amides is 4. The minimum Gasteiger partial charge on any atom is -0.497 e. The minimum absolute atomic E-state index is 0.116. The zero-order valence-electron chi connectivity index (χ0n) is 17.2. The second kappa shape index (κ2) is 6.91. The van der Waals surface area contributed by atoms with Gasteiger partial charge in [0.2, 0.25) is 0 Å². The Morgan fingerprint density at radius 3 is 2.75 bits per heavy atom. The number of methoxy groups -OCH3 is 1. The van der Waals surface area contributed by atoms with E-state index in [1.165, 1.54) is 37.3 Å². The number of imide groups is 1. The Balaban J connectivity index is 1.55. The SMILES string of the molecule is COc1ccc2c(c1)C(=O)N(CC1(c3cc4ncc(C(C)=O)cc4o3)NC(=O)NC1=O)C2. The van der Waals surface area contributed by atoms with Crippen LogP contribution in [0.15, 0.2) is 40.9 Å². The number of fused-ring (bicyclic) bond motifs is 2. The Hall–Kier alpha value is -4.21. The maximum Gasteiger partial charge on any atom is 0.322 e. The Morgan fingerprint density at radius 2 is 2.06 bits per heavy atom. The van der Waals surface area contributed by atoms with Crippen molar-refractivity contribution in [3.8, 4) is 5.75 Å². The number of furan rings is 1. The van der Waals surface area contributed by atoms with E-state index in [1.807, 2.05) is 0 Å². The van der Waals surface area contributed by atoms with Crippen LogP contribution in [-0.4, -0.2) is 47.2 Å². The maximum absolute atomic E-state index is 13.1. The van der Waals surface area contributed by atoms with Gasteiger partial charge in [-0.05, 0) is 30.7 Å². The van der Waals surface area contributed by atoms with Gasteiger partial charge in [0.05, 0.1) is 13.7 Å². The fourth-order valence-corrected chi connectivity index (χ4v) is 4.06. The molecule has 4 amide bonds. The van der Waals surface area contributed by atoms with E-state index in [0.717, 1.165) is 5.56 Å². The number of rotatable bonds is 5. The summed E-state index contributed by atoms with van der Waals surface area (Å²) >= 11 is 0. The highest BCUT2D eigenvalue weighted by molar-refractivity contribution is 6.08. The summed E-state index contributed by atoms with van der Waals surface area (Å²) < 4.78 is 11.1. The number of ketones is 1. The molecule has 0 radical (unpaired) electrons. The van der Waals surface area contributed by atoms with Crippen LogP contribution in [0.3, 0.4) is 0 Å². The predicted molar refractivity (Wildman–Crippen MR) is 110 cm³/mol. The topological polar surface area (TPSA) is 131 Å². The van der Waals surface area contributed by atoms with E-state index in [4.69, 9.17) is 9.15 Å². The number of hydrogen-bond donors (Lipinski definition) is 2. The average Bonchev–Trinajstić information content (AvgIpc) is 3.41. The molecule has 0 spiro atoms. The monoisotopic (exact) mass is 434 g/mol. The molecule has 2 aromatic heterocycles. The van der Waals surface area contributed by atoms with Crippen LogP contribution < -0.4 is 15.4 Å². The first-order valence-electron chi connectivity index (χ1n) is 9.81. The van der Waals surface area contributed by atoms with Gasteiger partial charge >= 0.3 is 6.03 Å². The van der Waals surface area contributed by atoms with Crippen molar-refractivity contribution in [2.75, 3.05) is 13.7 Å². The van der Waals surface area contributed by atoms with Crippen LogP contribution >= 0.6 is 0 Å². The van der Waals surface area contributed by atoms with Gasteiger partial charge in [-0.1, -0.05) is 6.07 Å². The number of nitrogens with zero attached hydrogens (tertiary/aromatic N) is 2. The quantitative estimate of drug-likeness (QED) is 0.462. The van der Waals surface area contributed by atoms with E-state index in [2.05, 4.69) is 15.6 Å². The number of nitrogens with one attached hydrogen (secondary N) is 2. The maximum atomic E-state index is 13.1. The first-order valence-corrected chi connectivity index (χ1v) is 9.81. The van der Waals surface area contributed by atoms with Crippen molar-refractivity contribution in [3.63, 3.8) is 0 Å². The molecule has 5 rings (SSSR count). The normalized spacial score (nSPS) is 19.8. The number of urea groups is 1. The standard InChI is InChI=1S/C22H18N4O6/c1-11(27)13-5-17-16(23-8-13)7-18(32-17)22(20(29)24-21(30)25-22)10-26-9-12-3-4-14(31-2)6-15(12)19(26)28/h3-8H,9-10H2,1-2H3,(H2,24,25,29,30). The van der Waals surface area contributed by atoms with Crippen LogP contribution in [0.2, 0.25) is 0 Å². The van der Waals surface area contributed by atoms with Crippen LogP contribution in [0.25, 0.3) is 11.1 Å². The van der Waals surface area contributed by atoms with E-state index >= 15 is 0 Å². The summed E-state index contributed by atoms with van der Waals surface area (Å²) in [6.07, 6.45) is 1.41. The number of carbonyl (C=O) groups is 4. The van der Waals surface area contributed by atoms with E-state index in [9.17, 15) is 19.2 Å². The van der Waals surface area contributed by atoms with E-state index in [0.29, 0.717) is 28.0 Å². The molecule has 10 nitrogen and oxygen atoms in total. The molecule has 1 saturated heterocycles. The molecular weight excluding hydrogens is 416 g/mol. The largest absolute Gasteiger partial charge is 0.497 e. The Labute approximate surface area is 181 Å². The Morgan fingerprint density at radius 1 is 1.25 bits per heavy atom. The van der Waals surface area contributed by atoms with Gasteiger partial charge in [-0.2, -0.15) is 0 Å². The number of ether oxygens (including phenoxy) is 1. The lowest BCUT2D eigenvalue weighted by atomic mass is 9.95. The Bertz CT molecular complexity index is 1330. The van der Waals surface area contributed by atoms with E-state index in [-0.39, 0.29) is 30.5 Å². The van der Waals surface area contributed by atoms with Crippen molar-refractivity contribution in [2.45, 2.75) is 19.0 Å². The molecule has 1 aromatic carbocycles. The summed E-state index contributed by atoms with van der Waals surface area (Å²) in [6, 6.07) is 7.55. The third-order valence-corrected chi connectivity index (χ3v) is 5.76. The van der Waals surface area contributed by atoms with Gasteiger partial charge in [0, 0.05) is 29.9 Å². The average molecular weight is 434 g/mol. The lowest BCUT2D eigenvalue weighted by Crippen LogP contribution is -2.52. The van der Waals surface area contributed by atoms with Crippen LogP contribution in [-0.2, 0) is 16.9 Å². The van der Waals surface area contributed by atoms with Gasteiger partial charge in [0.25, 0.3) is 11.8 Å². The third-order valence-electron chi connectivity index (χ3n) is 5.76. The van der Waals surface area contributed by atoms with Crippen LogP contribution in [0.4, 0.5) is 4.79 Å². The van der Waals surface area contributed by atoms with Crippen molar-refractivity contribution < 1.29 is 28.3 Å². The number of aromatic nitrogens is 1. The molecule has 0 aliphatic carbocycles. The zero-order chi connectivity index (χ0) is 22.6. The summed E-state index contributed by atoms with van der Waals surface area (Å²) in [7, 11) is 1.51. The van der Waals surface area contributed by atoms with Gasteiger partial charge < -0.3 is 19.4 Å². The Kier molecular flexibility index (Phi) is 4.26. The second-order valence-corrected chi connectivity index (χ2v) is 7.77. The molecular formula is C22H18N4O6. The number of carbonyl (C=O) groups excluding carboxylic acids is 4. The summed E-state index contributed by atoms with van der Waals surface area (Å²) in [5.41, 5.74) is 0.678. The van der Waals surface area contributed by atoms with Crippen molar-refractivity contribution in [1.29, 1.82) is 0 Å². The fourth-order valence-electron chi connectivity index (χ4n) is 4.06.